The molecule has 0 amide bonds. The zero-order chi connectivity index (χ0) is 26.0. The molecule has 36 heavy (non-hydrogen) atoms. The number of halogens is 1. The average molecular weight is 527 g/mol. The lowest BCUT2D eigenvalue weighted by atomic mass is 9.96. The van der Waals surface area contributed by atoms with E-state index in [1.54, 1.807) is 62.4 Å². The first-order chi connectivity index (χ1) is 17.2. The second-order valence-electron chi connectivity index (χ2n) is 7.83. The lowest BCUT2D eigenvalue weighted by Gasteiger charge is -2.25. The highest BCUT2D eigenvalue weighted by atomic mass is 35.5. The molecule has 0 spiro atoms. The van der Waals surface area contributed by atoms with Gasteiger partial charge in [0.25, 0.3) is 5.56 Å². The summed E-state index contributed by atoms with van der Waals surface area (Å²) in [5, 5.41) is 0.416. The third kappa shape index (κ3) is 4.84. The zero-order valence-corrected chi connectivity index (χ0v) is 21.6. The first kappa shape index (κ1) is 25.4. The quantitative estimate of drug-likeness (QED) is 0.361. The highest BCUT2D eigenvalue weighted by Crippen LogP contribution is 2.34. The van der Waals surface area contributed by atoms with Gasteiger partial charge in [0.1, 0.15) is 6.04 Å². The van der Waals surface area contributed by atoms with Gasteiger partial charge >= 0.3 is 11.9 Å². The predicted octanol–water partition coefficient (Wildman–Crippen LogP) is 3.39. The molecule has 2 aromatic carbocycles. The van der Waals surface area contributed by atoms with Crippen molar-refractivity contribution in [3.8, 4) is 11.5 Å². The van der Waals surface area contributed by atoms with Gasteiger partial charge in [0.15, 0.2) is 16.3 Å². The van der Waals surface area contributed by atoms with Crippen LogP contribution in [0.25, 0.3) is 6.08 Å². The summed E-state index contributed by atoms with van der Waals surface area (Å²) in [6.07, 6.45) is 1.69. The van der Waals surface area contributed by atoms with Crippen molar-refractivity contribution in [2.24, 2.45) is 4.99 Å². The summed E-state index contributed by atoms with van der Waals surface area (Å²) < 4.78 is 17.7. The number of hydrogen-bond acceptors (Lipinski definition) is 8. The largest absolute Gasteiger partial charge is 0.493 e. The molecule has 2 heterocycles. The fraction of sp³-hybridized carbons (Fsp3) is 0.231. The molecular formula is C26H23ClN2O6S. The van der Waals surface area contributed by atoms with Crippen molar-refractivity contribution in [1.29, 1.82) is 0 Å². The summed E-state index contributed by atoms with van der Waals surface area (Å²) in [4.78, 5) is 43.0. The molecule has 8 nitrogen and oxygen atoms in total. The Hall–Kier alpha value is -3.69. The lowest BCUT2D eigenvalue weighted by Crippen LogP contribution is -2.40. The fourth-order valence-corrected chi connectivity index (χ4v) is 5.23. The first-order valence-electron chi connectivity index (χ1n) is 11.1. The molecule has 1 aromatic heterocycles. The molecule has 0 radical (unpaired) electrons. The Morgan fingerprint density at radius 3 is 2.61 bits per heavy atom. The zero-order valence-electron chi connectivity index (χ0n) is 20.0. The van der Waals surface area contributed by atoms with Gasteiger partial charge in [-0.2, -0.15) is 0 Å². The summed E-state index contributed by atoms with van der Waals surface area (Å²) >= 11 is 7.71. The van der Waals surface area contributed by atoms with E-state index in [-0.39, 0.29) is 23.5 Å². The van der Waals surface area contributed by atoms with E-state index in [4.69, 9.17) is 25.8 Å². The van der Waals surface area contributed by atoms with E-state index < -0.39 is 18.0 Å². The third-order valence-corrected chi connectivity index (χ3v) is 6.78. The summed E-state index contributed by atoms with van der Waals surface area (Å²) in [6.45, 7) is 4.91. The lowest BCUT2D eigenvalue weighted by molar-refractivity contribution is -0.139. The number of aromatic nitrogens is 1. The van der Waals surface area contributed by atoms with Crippen molar-refractivity contribution in [3.63, 3.8) is 0 Å². The molecule has 0 aliphatic carbocycles. The Kier molecular flexibility index (Phi) is 7.42. The van der Waals surface area contributed by atoms with Crippen LogP contribution in [-0.4, -0.2) is 30.2 Å². The van der Waals surface area contributed by atoms with Crippen LogP contribution in [0.2, 0.25) is 5.02 Å². The molecule has 0 saturated heterocycles. The van der Waals surface area contributed by atoms with Crippen molar-refractivity contribution < 1.29 is 23.8 Å². The number of ether oxygens (including phenoxy) is 3. The number of nitrogens with zero attached hydrogens (tertiary/aromatic N) is 2. The van der Waals surface area contributed by atoms with Gasteiger partial charge in [0.2, 0.25) is 0 Å². The number of esters is 2. The van der Waals surface area contributed by atoms with Crippen LogP contribution in [0.5, 0.6) is 11.5 Å². The van der Waals surface area contributed by atoms with Gasteiger partial charge in [-0.15, -0.1) is 0 Å². The molecule has 4 rings (SSSR count). The van der Waals surface area contributed by atoms with Crippen LogP contribution in [-0.2, 0) is 14.3 Å². The number of benzene rings is 2. The Morgan fingerprint density at radius 2 is 1.94 bits per heavy atom. The average Bonchev–Trinajstić information content (AvgIpc) is 3.13. The van der Waals surface area contributed by atoms with Crippen molar-refractivity contribution in [1.82, 2.24) is 4.57 Å². The highest BCUT2D eigenvalue weighted by molar-refractivity contribution is 7.07. The SMILES string of the molecule is CCOC(=O)C1=C(C)N=c2s/c(=C\c3ccc(OC(C)=O)c(OC)c3)c(=O)n2[C@@H]1c1ccccc1Cl. The molecule has 186 valence electrons. The van der Waals surface area contributed by atoms with Crippen molar-refractivity contribution >= 4 is 41.0 Å². The number of carbonyl (C=O) groups is 2. The minimum absolute atomic E-state index is 0.181. The number of fused-ring (bicyclic) bond motifs is 1. The Morgan fingerprint density at radius 1 is 1.19 bits per heavy atom. The normalized spacial score (nSPS) is 15.2. The summed E-state index contributed by atoms with van der Waals surface area (Å²) in [7, 11) is 1.46. The van der Waals surface area contributed by atoms with Gasteiger partial charge in [0, 0.05) is 11.9 Å². The van der Waals surface area contributed by atoms with Crippen molar-refractivity contribution in [3.05, 3.63) is 89.6 Å². The van der Waals surface area contributed by atoms with Crippen LogP contribution in [0, 0.1) is 0 Å². The van der Waals surface area contributed by atoms with Gasteiger partial charge < -0.3 is 14.2 Å². The van der Waals surface area contributed by atoms with E-state index in [1.165, 1.54) is 29.9 Å². The monoisotopic (exact) mass is 526 g/mol. The summed E-state index contributed by atoms with van der Waals surface area (Å²) in [5.41, 5.74) is 1.64. The summed E-state index contributed by atoms with van der Waals surface area (Å²) in [5.74, 6) is -0.399. The van der Waals surface area contributed by atoms with Gasteiger partial charge in [-0.25, -0.2) is 9.79 Å². The molecule has 1 aliphatic heterocycles. The number of allylic oxidation sites excluding steroid dienone is 1. The predicted molar refractivity (Wildman–Crippen MR) is 136 cm³/mol. The van der Waals surface area contributed by atoms with Gasteiger partial charge in [-0.05, 0) is 49.2 Å². The highest BCUT2D eigenvalue weighted by Gasteiger charge is 2.34. The van der Waals surface area contributed by atoms with Crippen LogP contribution in [0.3, 0.4) is 0 Å². The maximum Gasteiger partial charge on any atom is 0.338 e. The minimum atomic E-state index is -0.794. The third-order valence-electron chi connectivity index (χ3n) is 5.46. The second kappa shape index (κ2) is 10.5. The maximum absolute atomic E-state index is 13.7. The molecule has 0 bridgehead atoms. The van der Waals surface area contributed by atoms with E-state index in [1.807, 2.05) is 0 Å². The van der Waals surface area contributed by atoms with Crippen LogP contribution in [0.4, 0.5) is 0 Å². The molecule has 1 atom stereocenters. The molecule has 10 heteroatoms. The van der Waals surface area contributed by atoms with Gasteiger partial charge in [-0.1, -0.05) is 47.2 Å². The number of methoxy groups -OCH3 is 1. The van der Waals surface area contributed by atoms with Crippen LogP contribution in [0.1, 0.15) is 37.9 Å². The molecule has 1 aliphatic rings. The van der Waals surface area contributed by atoms with E-state index in [9.17, 15) is 14.4 Å². The molecule has 3 aromatic rings. The second-order valence-corrected chi connectivity index (χ2v) is 9.24. The topological polar surface area (TPSA) is 96.2 Å². The minimum Gasteiger partial charge on any atom is -0.493 e. The fourth-order valence-electron chi connectivity index (χ4n) is 3.95. The van der Waals surface area contributed by atoms with Crippen LogP contribution in [0.15, 0.2) is 63.5 Å². The molecule has 0 unspecified atom stereocenters. The number of thiazole rings is 1. The molecular weight excluding hydrogens is 504 g/mol. The molecule has 0 N–H and O–H groups in total. The number of carbonyl (C=O) groups excluding carboxylic acids is 2. The first-order valence-corrected chi connectivity index (χ1v) is 12.2. The smallest absolute Gasteiger partial charge is 0.338 e. The van der Waals surface area contributed by atoms with E-state index in [0.29, 0.717) is 36.9 Å². The Bertz CT molecular complexity index is 1570. The maximum atomic E-state index is 13.7. The summed E-state index contributed by atoms with van der Waals surface area (Å²) in [6, 6.07) is 11.2. The molecule has 0 saturated carbocycles. The van der Waals surface area contributed by atoms with E-state index >= 15 is 0 Å². The Labute approximate surface area is 215 Å². The van der Waals surface area contributed by atoms with Crippen molar-refractivity contribution in [2.45, 2.75) is 26.8 Å². The van der Waals surface area contributed by atoms with E-state index in [2.05, 4.69) is 4.99 Å². The molecule has 0 fully saturated rings. The van der Waals surface area contributed by atoms with E-state index in [0.717, 1.165) is 0 Å². The van der Waals surface area contributed by atoms with Gasteiger partial charge in [-0.3, -0.25) is 14.2 Å². The van der Waals surface area contributed by atoms with Gasteiger partial charge in [0.05, 0.1) is 29.5 Å². The Balaban J connectivity index is 1.91. The van der Waals surface area contributed by atoms with Crippen molar-refractivity contribution in [2.75, 3.05) is 13.7 Å². The van der Waals surface area contributed by atoms with Crippen LogP contribution < -0.4 is 24.4 Å². The number of rotatable bonds is 6. The number of hydrogen-bond donors (Lipinski definition) is 0. The standard InChI is InChI=1S/C26H23ClN2O6S/c1-5-34-25(32)22-14(2)28-26-29(23(22)17-8-6-7-9-18(17)27)24(31)21(36-26)13-16-10-11-19(35-15(3)30)20(12-16)33-4/h6-13,23H,5H2,1-4H3/b21-13-/t23-/m1/s1. The van der Waals surface area contributed by atoms with Crippen LogP contribution >= 0.6 is 22.9 Å².